The van der Waals surface area contributed by atoms with Gasteiger partial charge in [-0.05, 0) is 43.7 Å². The zero-order chi connectivity index (χ0) is 16.9. The largest absolute Gasteiger partial charge is 0.347 e. The SMILES string of the molecule is Cc1ccc(C[C@@H]2CCCN(C(=O)Cn3cccnc3=O)C2)cc1. The molecule has 0 saturated carbocycles. The van der Waals surface area contributed by atoms with Crippen molar-refractivity contribution in [1.82, 2.24) is 14.5 Å². The topological polar surface area (TPSA) is 55.2 Å². The molecule has 3 rings (SSSR count). The molecule has 0 spiro atoms. The molecule has 0 bridgehead atoms. The van der Waals surface area contributed by atoms with Gasteiger partial charge in [0.2, 0.25) is 5.91 Å². The molecule has 1 saturated heterocycles. The van der Waals surface area contributed by atoms with Gasteiger partial charge in [-0.15, -0.1) is 0 Å². The van der Waals surface area contributed by atoms with Crippen LogP contribution < -0.4 is 5.69 Å². The third kappa shape index (κ3) is 4.10. The molecule has 0 aliphatic carbocycles. The molecular weight excluding hydrogens is 302 g/mol. The molecule has 2 aromatic rings. The van der Waals surface area contributed by atoms with Gasteiger partial charge in [-0.3, -0.25) is 9.36 Å². The lowest BCUT2D eigenvalue weighted by Crippen LogP contribution is -2.43. The zero-order valence-electron chi connectivity index (χ0n) is 14.0. The summed E-state index contributed by atoms with van der Waals surface area (Å²) in [5.74, 6) is 0.481. The number of amides is 1. The van der Waals surface area contributed by atoms with Crippen LogP contribution in [-0.2, 0) is 17.8 Å². The molecule has 5 heteroatoms. The summed E-state index contributed by atoms with van der Waals surface area (Å²) in [7, 11) is 0. The predicted molar refractivity (Wildman–Crippen MR) is 92.7 cm³/mol. The minimum atomic E-state index is -0.376. The Hall–Kier alpha value is -2.43. The Morgan fingerprint density at radius 1 is 1.29 bits per heavy atom. The van der Waals surface area contributed by atoms with E-state index in [2.05, 4.69) is 36.2 Å². The summed E-state index contributed by atoms with van der Waals surface area (Å²) in [6, 6.07) is 10.3. The van der Waals surface area contributed by atoms with Gasteiger partial charge < -0.3 is 4.90 Å². The van der Waals surface area contributed by atoms with E-state index < -0.39 is 0 Å². The van der Waals surface area contributed by atoms with Gasteiger partial charge >= 0.3 is 5.69 Å². The molecule has 5 nitrogen and oxygen atoms in total. The van der Waals surface area contributed by atoms with Crippen LogP contribution >= 0.6 is 0 Å². The molecular formula is C19H23N3O2. The van der Waals surface area contributed by atoms with Gasteiger partial charge in [0.15, 0.2) is 0 Å². The number of carbonyl (C=O) groups excluding carboxylic acids is 1. The Balaban J connectivity index is 1.60. The summed E-state index contributed by atoms with van der Waals surface area (Å²) in [6.07, 6.45) is 6.22. The average molecular weight is 325 g/mol. The van der Waals surface area contributed by atoms with E-state index in [-0.39, 0.29) is 18.1 Å². The van der Waals surface area contributed by atoms with E-state index in [0.717, 1.165) is 32.4 Å². The summed E-state index contributed by atoms with van der Waals surface area (Å²) in [4.78, 5) is 29.7. The van der Waals surface area contributed by atoms with E-state index >= 15 is 0 Å². The van der Waals surface area contributed by atoms with Crippen LogP contribution in [0.2, 0.25) is 0 Å². The lowest BCUT2D eigenvalue weighted by molar-refractivity contribution is -0.133. The molecule has 1 aliphatic rings. The fourth-order valence-corrected chi connectivity index (χ4v) is 3.27. The number of hydrogen-bond donors (Lipinski definition) is 0. The fourth-order valence-electron chi connectivity index (χ4n) is 3.27. The van der Waals surface area contributed by atoms with Gasteiger partial charge in [-0.1, -0.05) is 29.8 Å². The number of likely N-dealkylation sites (tertiary alicyclic amines) is 1. The van der Waals surface area contributed by atoms with Crippen molar-refractivity contribution in [3.05, 3.63) is 64.3 Å². The molecule has 1 aliphatic heterocycles. The van der Waals surface area contributed by atoms with Crippen molar-refractivity contribution < 1.29 is 4.79 Å². The molecule has 126 valence electrons. The smallest absolute Gasteiger partial charge is 0.341 e. The van der Waals surface area contributed by atoms with E-state index in [0.29, 0.717) is 5.92 Å². The van der Waals surface area contributed by atoms with Crippen LogP contribution in [0.4, 0.5) is 0 Å². The molecule has 2 heterocycles. The molecule has 1 aromatic heterocycles. The van der Waals surface area contributed by atoms with Gasteiger partial charge in [0.1, 0.15) is 6.54 Å². The molecule has 1 atom stereocenters. The summed E-state index contributed by atoms with van der Waals surface area (Å²) >= 11 is 0. The van der Waals surface area contributed by atoms with Crippen LogP contribution in [0.15, 0.2) is 47.5 Å². The Labute approximate surface area is 141 Å². The lowest BCUT2D eigenvalue weighted by atomic mass is 9.91. The van der Waals surface area contributed by atoms with Gasteiger partial charge in [0.25, 0.3) is 0 Å². The van der Waals surface area contributed by atoms with Crippen molar-refractivity contribution in [2.75, 3.05) is 13.1 Å². The summed E-state index contributed by atoms with van der Waals surface area (Å²) in [5, 5.41) is 0. The normalized spacial score (nSPS) is 17.7. The standard InChI is InChI=1S/C19H23N3O2/c1-15-5-7-16(8-6-15)12-17-4-2-10-21(13-17)18(23)14-22-11-3-9-20-19(22)24/h3,5-9,11,17H,2,4,10,12-14H2,1H3/t17-/m0/s1. The number of aromatic nitrogens is 2. The third-order valence-electron chi connectivity index (χ3n) is 4.61. The predicted octanol–water partition coefficient (Wildman–Crippen LogP) is 2.03. The first-order valence-corrected chi connectivity index (χ1v) is 8.46. The van der Waals surface area contributed by atoms with E-state index in [4.69, 9.17) is 0 Å². The first kappa shape index (κ1) is 16.4. The van der Waals surface area contributed by atoms with Crippen molar-refractivity contribution in [3.63, 3.8) is 0 Å². The van der Waals surface area contributed by atoms with Crippen molar-refractivity contribution in [3.8, 4) is 0 Å². The van der Waals surface area contributed by atoms with Crippen molar-refractivity contribution in [1.29, 1.82) is 0 Å². The Kier molecular flexibility index (Phi) is 5.08. The highest BCUT2D eigenvalue weighted by Gasteiger charge is 2.24. The van der Waals surface area contributed by atoms with Gasteiger partial charge in [0, 0.05) is 25.5 Å². The number of rotatable bonds is 4. The number of benzene rings is 1. The summed E-state index contributed by atoms with van der Waals surface area (Å²) in [5.41, 5.74) is 2.21. The van der Waals surface area contributed by atoms with Gasteiger partial charge in [-0.2, -0.15) is 0 Å². The highest BCUT2D eigenvalue weighted by Crippen LogP contribution is 2.21. The summed E-state index contributed by atoms with van der Waals surface area (Å²) < 4.78 is 1.37. The number of nitrogens with zero attached hydrogens (tertiary/aromatic N) is 3. The lowest BCUT2D eigenvalue weighted by Gasteiger charge is -2.33. The Morgan fingerprint density at radius 3 is 2.83 bits per heavy atom. The number of carbonyl (C=O) groups is 1. The molecule has 1 fully saturated rings. The first-order valence-electron chi connectivity index (χ1n) is 8.46. The molecule has 0 N–H and O–H groups in total. The maximum Gasteiger partial charge on any atom is 0.347 e. The van der Waals surface area contributed by atoms with Crippen LogP contribution in [0, 0.1) is 12.8 Å². The Bertz CT molecular complexity index is 752. The quantitative estimate of drug-likeness (QED) is 0.864. The highest BCUT2D eigenvalue weighted by molar-refractivity contribution is 5.76. The van der Waals surface area contributed by atoms with E-state index in [9.17, 15) is 9.59 Å². The third-order valence-corrected chi connectivity index (χ3v) is 4.61. The molecule has 1 aromatic carbocycles. The zero-order valence-corrected chi connectivity index (χ0v) is 14.0. The average Bonchev–Trinajstić information content (AvgIpc) is 2.59. The van der Waals surface area contributed by atoms with E-state index in [1.54, 1.807) is 12.3 Å². The van der Waals surface area contributed by atoms with Gasteiger partial charge in [-0.25, -0.2) is 9.78 Å². The minimum Gasteiger partial charge on any atom is -0.341 e. The maximum absolute atomic E-state index is 12.5. The highest BCUT2D eigenvalue weighted by atomic mass is 16.2. The second-order valence-electron chi connectivity index (χ2n) is 6.57. The molecule has 24 heavy (non-hydrogen) atoms. The van der Waals surface area contributed by atoms with Crippen LogP contribution in [0.25, 0.3) is 0 Å². The number of piperidine rings is 1. The number of aryl methyl sites for hydroxylation is 1. The number of hydrogen-bond acceptors (Lipinski definition) is 3. The summed E-state index contributed by atoms with van der Waals surface area (Å²) in [6.45, 7) is 3.70. The first-order chi connectivity index (χ1) is 11.6. The van der Waals surface area contributed by atoms with Crippen LogP contribution in [0.1, 0.15) is 24.0 Å². The monoisotopic (exact) mass is 325 g/mol. The molecule has 0 radical (unpaired) electrons. The van der Waals surface area contributed by atoms with Crippen LogP contribution in [-0.4, -0.2) is 33.4 Å². The fraction of sp³-hybridized carbons (Fsp3) is 0.421. The van der Waals surface area contributed by atoms with E-state index in [1.807, 2.05) is 4.90 Å². The van der Waals surface area contributed by atoms with Crippen LogP contribution in [0.3, 0.4) is 0 Å². The molecule has 0 unspecified atom stereocenters. The second-order valence-corrected chi connectivity index (χ2v) is 6.57. The maximum atomic E-state index is 12.5. The van der Waals surface area contributed by atoms with Crippen molar-refractivity contribution >= 4 is 5.91 Å². The van der Waals surface area contributed by atoms with Gasteiger partial charge in [0.05, 0.1) is 0 Å². The van der Waals surface area contributed by atoms with Crippen molar-refractivity contribution in [2.24, 2.45) is 5.92 Å². The Morgan fingerprint density at radius 2 is 2.08 bits per heavy atom. The second kappa shape index (κ2) is 7.43. The minimum absolute atomic E-state index is 0.00120. The molecule has 1 amide bonds. The van der Waals surface area contributed by atoms with Crippen molar-refractivity contribution in [2.45, 2.75) is 32.7 Å². The van der Waals surface area contributed by atoms with E-state index in [1.165, 1.54) is 21.9 Å². The van der Waals surface area contributed by atoms with Crippen LogP contribution in [0.5, 0.6) is 0 Å².